The molecule has 0 aromatic heterocycles. The van der Waals surface area contributed by atoms with Gasteiger partial charge in [-0.2, -0.15) is 0 Å². The molecule has 1 N–H and O–H groups in total. The number of methoxy groups -OCH3 is 1. The van der Waals surface area contributed by atoms with Crippen LogP contribution in [0.5, 0.6) is 5.75 Å². The zero-order valence-corrected chi connectivity index (χ0v) is 16.0. The smallest absolute Gasteiger partial charge is 0.305 e. The van der Waals surface area contributed by atoms with Crippen LogP contribution in [0.4, 0.5) is 10.1 Å². The van der Waals surface area contributed by atoms with Gasteiger partial charge in [0.1, 0.15) is 17.7 Å². The first-order chi connectivity index (χ1) is 13.0. The van der Waals surface area contributed by atoms with Crippen molar-refractivity contribution in [3.63, 3.8) is 0 Å². The largest absolute Gasteiger partial charge is 0.486 e. The third kappa shape index (κ3) is 4.61. The van der Waals surface area contributed by atoms with E-state index in [0.717, 1.165) is 22.6 Å². The van der Waals surface area contributed by atoms with Crippen LogP contribution >= 0.6 is 11.6 Å². The van der Waals surface area contributed by atoms with Gasteiger partial charge in [0.25, 0.3) is 0 Å². The Morgan fingerprint density at radius 3 is 2.96 bits per heavy atom. The summed E-state index contributed by atoms with van der Waals surface area (Å²) in [6.07, 6.45) is 2.71. The zero-order chi connectivity index (χ0) is 19.4. The first-order valence-corrected chi connectivity index (χ1v) is 9.10. The second-order valence-electron chi connectivity index (χ2n) is 6.42. The second-order valence-corrected chi connectivity index (χ2v) is 6.82. The number of carbonyl (C=O) groups is 1. The van der Waals surface area contributed by atoms with Crippen molar-refractivity contribution < 1.29 is 18.7 Å². The highest BCUT2D eigenvalue weighted by Gasteiger charge is 2.20. The minimum absolute atomic E-state index is 0.0862. The lowest BCUT2D eigenvalue weighted by Crippen LogP contribution is -2.31. The van der Waals surface area contributed by atoms with Crippen molar-refractivity contribution in [1.82, 2.24) is 0 Å². The molecular weight excluding hydrogens is 369 g/mol. The first kappa shape index (κ1) is 19.2. The standard InChI is InChI=1S/C21H21ClFNO3/c1-13(21-16(22)4-3-5-17(21)23)10-14-6-8-19-18(11-14)24-12-15(27-19)7-9-20(25)26-2/h3-6,8,10-11,15,24H,7,9,12H2,1-2H3/b13-10+/t15-/m0/s1. The summed E-state index contributed by atoms with van der Waals surface area (Å²) in [6, 6.07) is 10.4. The van der Waals surface area contributed by atoms with Crippen molar-refractivity contribution >= 4 is 34.9 Å². The molecule has 0 saturated heterocycles. The lowest BCUT2D eigenvalue weighted by molar-refractivity contribution is -0.141. The van der Waals surface area contributed by atoms with Crippen molar-refractivity contribution in [2.75, 3.05) is 19.0 Å². The van der Waals surface area contributed by atoms with Crippen LogP contribution in [0.1, 0.15) is 30.9 Å². The Kier molecular flexibility index (Phi) is 6.01. The molecule has 27 heavy (non-hydrogen) atoms. The molecule has 2 aromatic rings. The Bertz CT molecular complexity index is 861. The van der Waals surface area contributed by atoms with Gasteiger partial charge in [-0.05, 0) is 48.7 Å². The molecule has 0 aliphatic carbocycles. The number of esters is 1. The molecule has 1 atom stereocenters. The van der Waals surface area contributed by atoms with Gasteiger partial charge in [-0.15, -0.1) is 0 Å². The van der Waals surface area contributed by atoms with E-state index in [2.05, 4.69) is 10.1 Å². The highest BCUT2D eigenvalue weighted by molar-refractivity contribution is 6.32. The number of benzene rings is 2. The van der Waals surface area contributed by atoms with Gasteiger partial charge in [-0.3, -0.25) is 4.79 Å². The maximum absolute atomic E-state index is 14.1. The molecule has 142 valence electrons. The van der Waals surface area contributed by atoms with Crippen molar-refractivity contribution in [2.24, 2.45) is 0 Å². The van der Waals surface area contributed by atoms with Gasteiger partial charge in [0.05, 0.1) is 24.4 Å². The fourth-order valence-corrected chi connectivity index (χ4v) is 3.37. The van der Waals surface area contributed by atoms with Gasteiger partial charge >= 0.3 is 5.97 Å². The molecule has 0 saturated carbocycles. The van der Waals surface area contributed by atoms with Crippen LogP contribution in [-0.4, -0.2) is 25.7 Å². The molecule has 0 spiro atoms. The summed E-state index contributed by atoms with van der Waals surface area (Å²) in [5.41, 5.74) is 2.93. The topological polar surface area (TPSA) is 47.6 Å². The molecule has 1 aliphatic rings. The van der Waals surface area contributed by atoms with E-state index in [1.54, 1.807) is 12.1 Å². The van der Waals surface area contributed by atoms with E-state index in [-0.39, 0.29) is 17.9 Å². The van der Waals surface area contributed by atoms with Gasteiger partial charge in [0, 0.05) is 12.0 Å². The summed E-state index contributed by atoms with van der Waals surface area (Å²) in [5.74, 6) is 0.145. The fraction of sp³-hybridized carbons (Fsp3) is 0.286. The van der Waals surface area contributed by atoms with Crippen LogP contribution in [0.3, 0.4) is 0 Å². The molecule has 1 heterocycles. The number of carbonyl (C=O) groups excluding carboxylic acids is 1. The normalized spacial score (nSPS) is 16.1. The van der Waals surface area contributed by atoms with Crippen LogP contribution in [0, 0.1) is 5.82 Å². The number of hydrogen-bond donors (Lipinski definition) is 1. The summed E-state index contributed by atoms with van der Waals surface area (Å²) in [7, 11) is 1.38. The predicted octanol–water partition coefficient (Wildman–Crippen LogP) is 5.17. The molecular formula is C21H21ClFNO3. The van der Waals surface area contributed by atoms with Gasteiger partial charge in [-0.25, -0.2) is 4.39 Å². The van der Waals surface area contributed by atoms with Crippen molar-refractivity contribution in [3.05, 3.63) is 58.4 Å². The molecule has 0 radical (unpaired) electrons. The molecule has 6 heteroatoms. The Morgan fingerprint density at radius 2 is 2.22 bits per heavy atom. The number of allylic oxidation sites excluding steroid dienone is 1. The lowest BCUT2D eigenvalue weighted by Gasteiger charge is -2.27. The van der Waals surface area contributed by atoms with Gasteiger partial charge in [0.15, 0.2) is 0 Å². The zero-order valence-electron chi connectivity index (χ0n) is 15.2. The summed E-state index contributed by atoms with van der Waals surface area (Å²) in [5, 5.41) is 3.71. The Balaban J connectivity index is 1.75. The summed E-state index contributed by atoms with van der Waals surface area (Å²) < 4.78 is 24.7. The number of anilines is 1. The van der Waals surface area contributed by atoms with E-state index in [9.17, 15) is 9.18 Å². The molecule has 3 rings (SSSR count). The van der Waals surface area contributed by atoms with Crippen LogP contribution in [0.25, 0.3) is 11.6 Å². The van der Waals surface area contributed by atoms with E-state index in [1.165, 1.54) is 13.2 Å². The number of rotatable bonds is 5. The van der Waals surface area contributed by atoms with Crippen molar-refractivity contribution in [3.8, 4) is 5.75 Å². The van der Waals surface area contributed by atoms with Gasteiger partial charge in [-0.1, -0.05) is 29.8 Å². The Hall–Kier alpha value is -2.53. The SMILES string of the molecule is COC(=O)CC[C@H]1CNc2cc(/C=C(\C)c3c(F)cccc3Cl)ccc2O1. The fourth-order valence-electron chi connectivity index (χ4n) is 3.06. The maximum atomic E-state index is 14.1. The molecule has 0 unspecified atom stereocenters. The highest BCUT2D eigenvalue weighted by atomic mass is 35.5. The van der Waals surface area contributed by atoms with E-state index in [1.807, 2.05) is 31.2 Å². The van der Waals surface area contributed by atoms with Crippen LogP contribution in [0.15, 0.2) is 36.4 Å². The number of halogens is 2. The summed E-state index contributed by atoms with van der Waals surface area (Å²) >= 11 is 6.14. The number of fused-ring (bicyclic) bond motifs is 1. The van der Waals surface area contributed by atoms with E-state index in [0.29, 0.717) is 30.0 Å². The maximum Gasteiger partial charge on any atom is 0.305 e. The van der Waals surface area contributed by atoms with Crippen LogP contribution < -0.4 is 10.1 Å². The highest BCUT2D eigenvalue weighted by Crippen LogP contribution is 2.33. The molecule has 2 aromatic carbocycles. The van der Waals surface area contributed by atoms with Crippen molar-refractivity contribution in [1.29, 1.82) is 0 Å². The monoisotopic (exact) mass is 389 g/mol. The van der Waals surface area contributed by atoms with Crippen LogP contribution in [0.2, 0.25) is 5.02 Å². The summed E-state index contributed by atoms with van der Waals surface area (Å²) in [6.45, 7) is 2.44. The quantitative estimate of drug-likeness (QED) is 0.566. The number of ether oxygens (including phenoxy) is 2. The van der Waals surface area contributed by atoms with Gasteiger partial charge < -0.3 is 14.8 Å². The minimum Gasteiger partial charge on any atom is -0.486 e. The molecule has 0 amide bonds. The average Bonchev–Trinajstić information content (AvgIpc) is 2.65. The van der Waals surface area contributed by atoms with E-state index < -0.39 is 0 Å². The molecule has 0 fully saturated rings. The number of nitrogens with one attached hydrogen (secondary N) is 1. The minimum atomic E-state index is -0.343. The predicted molar refractivity (Wildman–Crippen MR) is 106 cm³/mol. The molecule has 4 nitrogen and oxygen atoms in total. The average molecular weight is 390 g/mol. The third-order valence-electron chi connectivity index (χ3n) is 4.46. The van der Waals surface area contributed by atoms with Gasteiger partial charge in [0.2, 0.25) is 0 Å². The van der Waals surface area contributed by atoms with E-state index >= 15 is 0 Å². The van der Waals surface area contributed by atoms with Crippen LogP contribution in [-0.2, 0) is 9.53 Å². The third-order valence-corrected chi connectivity index (χ3v) is 4.77. The summed E-state index contributed by atoms with van der Waals surface area (Å²) in [4.78, 5) is 11.3. The molecule has 1 aliphatic heterocycles. The molecule has 0 bridgehead atoms. The second kappa shape index (κ2) is 8.44. The first-order valence-electron chi connectivity index (χ1n) is 8.72. The Labute approximate surface area is 162 Å². The van der Waals surface area contributed by atoms with E-state index in [4.69, 9.17) is 16.3 Å². The lowest BCUT2D eigenvalue weighted by atomic mass is 10.0. The Morgan fingerprint density at radius 1 is 1.41 bits per heavy atom. The number of hydrogen-bond acceptors (Lipinski definition) is 4. The van der Waals surface area contributed by atoms with Crippen molar-refractivity contribution in [2.45, 2.75) is 25.9 Å².